The van der Waals surface area contributed by atoms with E-state index < -0.39 is 0 Å². The Morgan fingerprint density at radius 3 is 2.77 bits per heavy atom. The van der Waals surface area contributed by atoms with Crippen LogP contribution in [0.15, 0.2) is 0 Å². The largest absolute Gasteiger partial charge is 0.396 e. The van der Waals surface area contributed by atoms with Gasteiger partial charge in [-0.1, -0.05) is 0 Å². The van der Waals surface area contributed by atoms with Crippen molar-refractivity contribution in [3.8, 4) is 0 Å². The number of rotatable bonds is 4. The number of nitrogens with zero attached hydrogens (tertiary/aromatic N) is 1. The number of hydrogen-bond acceptors (Lipinski definition) is 4. The third-order valence-corrected chi connectivity index (χ3v) is 2.87. The molecule has 1 rings (SSSR count). The quantitative estimate of drug-likeness (QED) is 0.558. The van der Waals surface area contributed by atoms with Crippen molar-refractivity contribution in [2.75, 3.05) is 27.2 Å². The maximum atomic E-state index is 8.92. The minimum absolute atomic E-state index is 0.277. The van der Waals surface area contributed by atoms with Gasteiger partial charge in [-0.25, -0.2) is 5.01 Å². The van der Waals surface area contributed by atoms with Crippen LogP contribution in [0.3, 0.4) is 0 Å². The summed E-state index contributed by atoms with van der Waals surface area (Å²) in [6.45, 7) is 1.34. The first-order valence-electron chi connectivity index (χ1n) is 5.04. The van der Waals surface area contributed by atoms with Gasteiger partial charge in [0, 0.05) is 25.2 Å². The van der Waals surface area contributed by atoms with Crippen molar-refractivity contribution in [3.05, 3.63) is 0 Å². The smallest absolute Gasteiger partial charge is 0.0446 e. The average Bonchev–Trinajstić information content (AvgIpc) is 2.18. The molecule has 1 saturated heterocycles. The van der Waals surface area contributed by atoms with Crippen molar-refractivity contribution in [3.63, 3.8) is 0 Å². The fourth-order valence-electron chi connectivity index (χ4n) is 2.03. The standard InChI is InChI=1S/C9H21N3O/c1-10-8-3-5-12(11-2)9(7-8)4-6-13/h8-11,13H,3-7H2,1-2H3. The second-order valence-electron chi connectivity index (χ2n) is 3.59. The third kappa shape index (κ3) is 2.91. The van der Waals surface area contributed by atoms with E-state index in [1.807, 2.05) is 14.1 Å². The summed E-state index contributed by atoms with van der Waals surface area (Å²) < 4.78 is 0. The summed E-state index contributed by atoms with van der Waals surface area (Å²) in [6, 6.07) is 1.09. The molecule has 0 aromatic heterocycles. The first kappa shape index (κ1) is 10.9. The fraction of sp³-hybridized carbons (Fsp3) is 1.00. The first-order chi connectivity index (χ1) is 6.31. The van der Waals surface area contributed by atoms with Gasteiger partial charge >= 0.3 is 0 Å². The van der Waals surface area contributed by atoms with Crippen LogP contribution in [-0.4, -0.2) is 49.4 Å². The molecule has 0 radical (unpaired) electrons. The zero-order chi connectivity index (χ0) is 9.68. The van der Waals surface area contributed by atoms with E-state index in [-0.39, 0.29) is 6.61 Å². The molecule has 1 fully saturated rings. The van der Waals surface area contributed by atoms with Gasteiger partial charge in [-0.3, -0.25) is 5.43 Å². The molecule has 0 aliphatic carbocycles. The summed E-state index contributed by atoms with van der Waals surface area (Å²) in [5, 5.41) is 14.4. The van der Waals surface area contributed by atoms with Crippen molar-refractivity contribution >= 4 is 0 Å². The van der Waals surface area contributed by atoms with Crippen molar-refractivity contribution in [2.45, 2.75) is 31.3 Å². The normalized spacial score (nSPS) is 30.7. The highest BCUT2D eigenvalue weighted by Crippen LogP contribution is 2.17. The molecule has 0 saturated carbocycles. The van der Waals surface area contributed by atoms with E-state index >= 15 is 0 Å². The maximum absolute atomic E-state index is 8.92. The molecule has 0 bridgehead atoms. The van der Waals surface area contributed by atoms with Crippen LogP contribution in [0.1, 0.15) is 19.3 Å². The van der Waals surface area contributed by atoms with Gasteiger partial charge in [-0.15, -0.1) is 0 Å². The Labute approximate surface area is 80.3 Å². The Kier molecular flexibility index (Phi) is 4.66. The van der Waals surface area contributed by atoms with Crippen LogP contribution in [0, 0.1) is 0 Å². The molecule has 4 nitrogen and oxygen atoms in total. The van der Waals surface area contributed by atoms with E-state index in [4.69, 9.17) is 5.11 Å². The molecule has 2 atom stereocenters. The van der Waals surface area contributed by atoms with Crippen molar-refractivity contribution in [2.24, 2.45) is 0 Å². The summed E-state index contributed by atoms with van der Waals surface area (Å²) in [5.74, 6) is 0. The van der Waals surface area contributed by atoms with Crippen LogP contribution in [0.2, 0.25) is 0 Å². The number of hydrazine groups is 1. The molecule has 1 heterocycles. The molecule has 1 aliphatic rings. The molecule has 0 amide bonds. The average molecular weight is 187 g/mol. The van der Waals surface area contributed by atoms with Crippen molar-refractivity contribution < 1.29 is 5.11 Å². The minimum Gasteiger partial charge on any atom is -0.396 e. The molecule has 78 valence electrons. The van der Waals surface area contributed by atoms with Crippen LogP contribution in [0.4, 0.5) is 0 Å². The molecule has 0 aromatic carbocycles. The van der Waals surface area contributed by atoms with Gasteiger partial charge in [0.1, 0.15) is 0 Å². The summed E-state index contributed by atoms with van der Waals surface area (Å²) in [4.78, 5) is 0. The first-order valence-corrected chi connectivity index (χ1v) is 5.04. The monoisotopic (exact) mass is 187 g/mol. The zero-order valence-corrected chi connectivity index (χ0v) is 8.58. The third-order valence-electron chi connectivity index (χ3n) is 2.87. The Morgan fingerprint density at radius 1 is 1.46 bits per heavy atom. The second-order valence-corrected chi connectivity index (χ2v) is 3.59. The van der Waals surface area contributed by atoms with Gasteiger partial charge in [0.25, 0.3) is 0 Å². The highest BCUT2D eigenvalue weighted by molar-refractivity contribution is 4.82. The molecule has 0 aromatic rings. The van der Waals surface area contributed by atoms with Gasteiger partial charge in [-0.2, -0.15) is 0 Å². The van der Waals surface area contributed by atoms with E-state index in [0.717, 1.165) is 19.4 Å². The van der Waals surface area contributed by atoms with Gasteiger partial charge in [0.15, 0.2) is 0 Å². The lowest BCUT2D eigenvalue weighted by molar-refractivity contribution is 0.0646. The SMILES string of the molecule is CNC1CCN(NC)C(CCO)C1. The molecule has 4 heteroatoms. The Bertz CT molecular complexity index is 143. The van der Waals surface area contributed by atoms with Gasteiger partial charge < -0.3 is 10.4 Å². The minimum atomic E-state index is 0.277. The zero-order valence-electron chi connectivity index (χ0n) is 8.58. The molecular weight excluding hydrogens is 166 g/mol. The van der Waals surface area contributed by atoms with Gasteiger partial charge in [-0.05, 0) is 33.4 Å². The number of aliphatic hydroxyl groups is 1. The van der Waals surface area contributed by atoms with Crippen molar-refractivity contribution in [1.82, 2.24) is 15.8 Å². The molecule has 13 heavy (non-hydrogen) atoms. The van der Waals surface area contributed by atoms with Crippen molar-refractivity contribution in [1.29, 1.82) is 0 Å². The highest BCUT2D eigenvalue weighted by atomic mass is 16.3. The topological polar surface area (TPSA) is 47.5 Å². The van der Waals surface area contributed by atoms with Crippen LogP contribution in [0.5, 0.6) is 0 Å². The predicted octanol–water partition coefficient (Wildman–Crippen LogP) is -0.444. The van der Waals surface area contributed by atoms with Gasteiger partial charge in [0.2, 0.25) is 0 Å². The highest BCUT2D eigenvalue weighted by Gasteiger charge is 2.26. The van der Waals surface area contributed by atoms with Crippen LogP contribution in [-0.2, 0) is 0 Å². The summed E-state index contributed by atoms with van der Waals surface area (Å²) >= 11 is 0. The molecule has 0 spiro atoms. The van der Waals surface area contributed by atoms with E-state index in [1.165, 1.54) is 6.42 Å². The van der Waals surface area contributed by atoms with E-state index in [1.54, 1.807) is 0 Å². The molecule has 1 aliphatic heterocycles. The lowest BCUT2D eigenvalue weighted by Gasteiger charge is -2.38. The summed E-state index contributed by atoms with van der Waals surface area (Å²) in [7, 11) is 3.96. The molecule has 2 unspecified atom stereocenters. The summed E-state index contributed by atoms with van der Waals surface area (Å²) in [6.07, 6.45) is 3.16. The second kappa shape index (κ2) is 5.54. The Balaban J connectivity index is 2.42. The van der Waals surface area contributed by atoms with Crippen LogP contribution >= 0.6 is 0 Å². The molecular formula is C9H21N3O. The number of hydrogen-bond donors (Lipinski definition) is 3. The van der Waals surface area contributed by atoms with Crippen LogP contribution in [0.25, 0.3) is 0 Å². The van der Waals surface area contributed by atoms with Crippen LogP contribution < -0.4 is 10.7 Å². The Hall–Kier alpha value is -0.160. The Morgan fingerprint density at radius 2 is 2.23 bits per heavy atom. The fourth-order valence-corrected chi connectivity index (χ4v) is 2.03. The molecule has 3 N–H and O–H groups in total. The van der Waals surface area contributed by atoms with Gasteiger partial charge in [0.05, 0.1) is 0 Å². The lowest BCUT2D eigenvalue weighted by atomic mass is 9.97. The number of aliphatic hydroxyl groups excluding tert-OH is 1. The van der Waals surface area contributed by atoms with E-state index in [9.17, 15) is 0 Å². The van der Waals surface area contributed by atoms with E-state index in [2.05, 4.69) is 15.8 Å². The number of piperidine rings is 1. The lowest BCUT2D eigenvalue weighted by Crippen LogP contribution is -2.52. The predicted molar refractivity (Wildman–Crippen MR) is 53.3 cm³/mol. The summed E-state index contributed by atoms with van der Waals surface area (Å²) in [5.41, 5.74) is 3.18. The number of nitrogens with one attached hydrogen (secondary N) is 2. The van der Waals surface area contributed by atoms with E-state index in [0.29, 0.717) is 12.1 Å². The maximum Gasteiger partial charge on any atom is 0.0446 e.